The lowest BCUT2D eigenvalue weighted by atomic mass is 9.73. The van der Waals surface area contributed by atoms with Crippen LogP contribution in [0.2, 0.25) is 0 Å². The highest BCUT2D eigenvalue weighted by Gasteiger charge is 2.35. The van der Waals surface area contributed by atoms with E-state index < -0.39 is 5.60 Å². The molecule has 18 heavy (non-hydrogen) atoms. The van der Waals surface area contributed by atoms with E-state index >= 15 is 0 Å². The van der Waals surface area contributed by atoms with Gasteiger partial charge in [-0.1, -0.05) is 26.7 Å². The summed E-state index contributed by atoms with van der Waals surface area (Å²) in [7, 11) is 1.89. The highest BCUT2D eigenvalue weighted by atomic mass is 16.3. The number of rotatable bonds is 4. The summed E-state index contributed by atoms with van der Waals surface area (Å²) < 4.78 is 1.77. The van der Waals surface area contributed by atoms with Gasteiger partial charge >= 0.3 is 0 Å². The van der Waals surface area contributed by atoms with Crippen molar-refractivity contribution >= 4 is 0 Å². The van der Waals surface area contributed by atoms with Gasteiger partial charge in [0.1, 0.15) is 12.2 Å². The van der Waals surface area contributed by atoms with Crippen LogP contribution in [0.5, 0.6) is 0 Å². The molecule has 0 bridgehead atoms. The molecule has 2 unspecified atom stereocenters. The molecule has 0 radical (unpaired) electrons. The Balaban J connectivity index is 1.99. The summed E-state index contributed by atoms with van der Waals surface area (Å²) in [5.74, 6) is 2.27. The Morgan fingerprint density at radius 3 is 2.94 bits per heavy atom. The molecule has 1 aromatic heterocycles. The largest absolute Gasteiger partial charge is 0.389 e. The average molecular weight is 251 g/mol. The van der Waals surface area contributed by atoms with Crippen LogP contribution in [0.15, 0.2) is 6.33 Å². The maximum atomic E-state index is 10.8. The molecule has 0 aliphatic heterocycles. The molecule has 0 spiro atoms. The van der Waals surface area contributed by atoms with Crippen molar-refractivity contribution in [1.29, 1.82) is 0 Å². The summed E-state index contributed by atoms with van der Waals surface area (Å²) in [6.07, 6.45) is 7.63. The second-order valence-corrected chi connectivity index (χ2v) is 6.29. The molecule has 4 heteroatoms. The monoisotopic (exact) mass is 251 g/mol. The molecule has 1 fully saturated rings. The van der Waals surface area contributed by atoms with E-state index in [-0.39, 0.29) is 0 Å². The zero-order valence-corrected chi connectivity index (χ0v) is 11.8. The fraction of sp³-hybridized carbons (Fsp3) is 0.857. The lowest BCUT2D eigenvalue weighted by molar-refractivity contribution is -0.0210. The minimum Gasteiger partial charge on any atom is -0.389 e. The second-order valence-electron chi connectivity index (χ2n) is 6.29. The maximum Gasteiger partial charge on any atom is 0.138 e. The van der Waals surface area contributed by atoms with Gasteiger partial charge in [0.2, 0.25) is 0 Å². The molecule has 0 aromatic carbocycles. The lowest BCUT2D eigenvalue weighted by Crippen LogP contribution is -2.38. The predicted octanol–water partition coefficient (Wildman–Crippen LogP) is 2.33. The van der Waals surface area contributed by atoms with Gasteiger partial charge in [0.15, 0.2) is 0 Å². The van der Waals surface area contributed by atoms with Gasteiger partial charge in [0, 0.05) is 13.5 Å². The molecule has 0 saturated heterocycles. The van der Waals surface area contributed by atoms with E-state index in [1.54, 1.807) is 11.0 Å². The first-order valence-electron chi connectivity index (χ1n) is 7.04. The molecular formula is C14H25N3O. The molecular weight excluding hydrogens is 226 g/mol. The van der Waals surface area contributed by atoms with Gasteiger partial charge in [-0.3, -0.25) is 4.68 Å². The first-order valence-corrected chi connectivity index (χ1v) is 7.04. The standard InChI is InChI=1S/C14H25N3O/c1-11(2)7-12-5-4-6-14(18,8-12)9-13-15-10-16-17(13)3/h10-12,18H,4-9H2,1-3H3. The van der Waals surface area contributed by atoms with Crippen LogP contribution in [0.3, 0.4) is 0 Å². The smallest absolute Gasteiger partial charge is 0.138 e. The number of aromatic nitrogens is 3. The van der Waals surface area contributed by atoms with Crippen LogP contribution in [0, 0.1) is 11.8 Å². The highest BCUT2D eigenvalue weighted by molar-refractivity contribution is 4.97. The predicted molar refractivity (Wildman–Crippen MR) is 71.1 cm³/mol. The van der Waals surface area contributed by atoms with Crippen molar-refractivity contribution in [3.05, 3.63) is 12.2 Å². The molecule has 102 valence electrons. The summed E-state index contributed by atoms with van der Waals surface area (Å²) in [5.41, 5.74) is -0.571. The number of hydrogen-bond donors (Lipinski definition) is 1. The van der Waals surface area contributed by atoms with Gasteiger partial charge in [-0.05, 0) is 31.1 Å². The van der Waals surface area contributed by atoms with E-state index in [4.69, 9.17) is 0 Å². The number of aliphatic hydroxyl groups is 1. The Morgan fingerprint density at radius 1 is 1.56 bits per heavy atom. The Morgan fingerprint density at radius 2 is 2.33 bits per heavy atom. The van der Waals surface area contributed by atoms with Crippen molar-refractivity contribution in [2.24, 2.45) is 18.9 Å². The van der Waals surface area contributed by atoms with E-state index in [1.807, 2.05) is 7.05 Å². The average Bonchev–Trinajstić information content (AvgIpc) is 2.62. The molecule has 0 amide bonds. The molecule has 1 N–H and O–H groups in total. The quantitative estimate of drug-likeness (QED) is 0.893. The van der Waals surface area contributed by atoms with Crippen LogP contribution in [0.1, 0.15) is 51.8 Å². The molecule has 4 nitrogen and oxygen atoms in total. The summed E-state index contributed by atoms with van der Waals surface area (Å²) in [6, 6.07) is 0. The van der Waals surface area contributed by atoms with Crippen molar-refractivity contribution in [2.45, 2.75) is 58.0 Å². The van der Waals surface area contributed by atoms with Gasteiger partial charge in [-0.15, -0.1) is 0 Å². The first kappa shape index (κ1) is 13.5. The topological polar surface area (TPSA) is 50.9 Å². The minimum absolute atomic E-state index is 0.571. The SMILES string of the molecule is CC(C)CC1CCCC(O)(Cc2ncnn2C)C1. The first-order chi connectivity index (χ1) is 8.48. The van der Waals surface area contributed by atoms with Crippen molar-refractivity contribution in [3.63, 3.8) is 0 Å². The second kappa shape index (κ2) is 5.39. The molecule has 1 aromatic rings. The fourth-order valence-electron chi connectivity index (χ4n) is 3.26. The molecule has 1 heterocycles. The maximum absolute atomic E-state index is 10.8. The van der Waals surface area contributed by atoms with Gasteiger partial charge in [0.25, 0.3) is 0 Å². The normalized spacial score (nSPS) is 28.8. The van der Waals surface area contributed by atoms with E-state index in [2.05, 4.69) is 23.9 Å². The molecule has 1 aliphatic carbocycles. The van der Waals surface area contributed by atoms with Gasteiger partial charge in [-0.2, -0.15) is 5.10 Å². The Kier molecular flexibility index (Phi) is 4.05. The number of aryl methyl sites for hydroxylation is 1. The van der Waals surface area contributed by atoms with Crippen molar-refractivity contribution in [1.82, 2.24) is 14.8 Å². The third-order valence-corrected chi connectivity index (χ3v) is 4.02. The van der Waals surface area contributed by atoms with Crippen LogP contribution in [0.4, 0.5) is 0 Å². The Bertz CT molecular complexity index is 388. The van der Waals surface area contributed by atoms with Gasteiger partial charge in [0.05, 0.1) is 5.60 Å². The van der Waals surface area contributed by atoms with Gasteiger partial charge in [-0.25, -0.2) is 4.98 Å². The third-order valence-electron chi connectivity index (χ3n) is 4.02. The summed E-state index contributed by atoms with van der Waals surface area (Å²) in [5, 5.41) is 14.8. The minimum atomic E-state index is -0.571. The Hall–Kier alpha value is -0.900. The Labute approximate surface area is 109 Å². The molecule has 1 saturated carbocycles. The zero-order valence-electron chi connectivity index (χ0n) is 11.8. The number of nitrogens with zero attached hydrogens (tertiary/aromatic N) is 3. The van der Waals surface area contributed by atoms with Crippen molar-refractivity contribution in [2.75, 3.05) is 0 Å². The lowest BCUT2D eigenvalue weighted by Gasteiger charge is -2.37. The summed E-state index contributed by atoms with van der Waals surface area (Å²) in [4.78, 5) is 4.23. The molecule has 2 atom stereocenters. The molecule has 1 aliphatic rings. The van der Waals surface area contributed by atoms with E-state index in [1.165, 1.54) is 12.8 Å². The number of hydrogen-bond acceptors (Lipinski definition) is 3. The third kappa shape index (κ3) is 3.31. The highest BCUT2D eigenvalue weighted by Crippen LogP contribution is 2.37. The van der Waals surface area contributed by atoms with E-state index in [0.29, 0.717) is 18.3 Å². The van der Waals surface area contributed by atoms with Crippen LogP contribution in [-0.4, -0.2) is 25.5 Å². The fourth-order valence-corrected chi connectivity index (χ4v) is 3.26. The summed E-state index contributed by atoms with van der Waals surface area (Å²) >= 11 is 0. The van der Waals surface area contributed by atoms with Crippen LogP contribution in [0.25, 0.3) is 0 Å². The van der Waals surface area contributed by atoms with E-state index in [9.17, 15) is 5.11 Å². The van der Waals surface area contributed by atoms with Crippen molar-refractivity contribution in [3.8, 4) is 0 Å². The van der Waals surface area contributed by atoms with Crippen LogP contribution in [-0.2, 0) is 13.5 Å². The van der Waals surface area contributed by atoms with Crippen molar-refractivity contribution < 1.29 is 5.11 Å². The zero-order chi connectivity index (χ0) is 13.2. The molecule has 2 rings (SSSR count). The summed E-state index contributed by atoms with van der Waals surface area (Å²) in [6.45, 7) is 4.52. The van der Waals surface area contributed by atoms with Crippen LogP contribution < -0.4 is 0 Å². The van der Waals surface area contributed by atoms with E-state index in [0.717, 1.165) is 25.1 Å². The van der Waals surface area contributed by atoms with Crippen LogP contribution >= 0.6 is 0 Å². The van der Waals surface area contributed by atoms with Gasteiger partial charge < -0.3 is 5.11 Å².